The van der Waals surface area contributed by atoms with Gasteiger partial charge < -0.3 is 9.52 Å². The molecule has 0 saturated heterocycles. The molecule has 0 saturated carbocycles. The van der Waals surface area contributed by atoms with E-state index in [1.807, 2.05) is 13.8 Å². The van der Waals surface area contributed by atoms with Crippen molar-refractivity contribution in [3.8, 4) is 0 Å². The van der Waals surface area contributed by atoms with Crippen molar-refractivity contribution in [3.63, 3.8) is 0 Å². The quantitative estimate of drug-likeness (QED) is 0.878. The first-order valence-electron chi connectivity index (χ1n) is 5.81. The summed E-state index contributed by atoms with van der Waals surface area (Å²) >= 11 is 0. The van der Waals surface area contributed by atoms with Crippen molar-refractivity contribution < 1.29 is 13.9 Å². The first kappa shape index (κ1) is 12.1. The number of halogens is 1. The van der Waals surface area contributed by atoms with E-state index in [0.29, 0.717) is 23.5 Å². The number of aliphatic hydroxyl groups is 1. The minimum atomic E-state index is -1.06. The number of hydrogen-bond acceptors (Lipinski definition) is 2. The summed E-state index contributed by atoms with van der Waals surface area (Å²) in [6.07, 6.45) is 0.578. The summed E-state index contributed by atoms with van der Waals surface area (Å²) in [5, 5.41) is 11.0. The van der Waals surface area contributed by atoms with Crippen LogP contribution in [0.5, 0.6) is 0 Å². The number of rotatable bonds is 3. The normalized spacial score (nSPS) is 15.4. The summed E-state index contributed by atoms with van der Waals surface area (Å²) in [5.41, 5.74) is -0.842. The third-order valence-corrected chi connectivity index (χ3v) is 2.83. The molecular weight excluding hydrogens is 219 g/mol. The zero-order chi connectivity index (χ0) is 12.6. The predicted octanol–water partition coefficient (Wildman–Crippen LogP) is 3.83. The Labute approximate surface area is 100 Å². The lowest BCUT2D eigenvalue weighted by Gasteiger charge is -2.22. The summed E-state index contributed by atoms with van der Waals surface area (Å²) in [6, 6.07) is 6.47. The molecule has 0 bridgehead atoms. The van der Waals surface area contributed by atoms with Gasteiger partial charge in [0.15, 0.2) is 11.4 Å². The monoisotopic (exact) mass is 236 g/mol. The number of furan rings is 1. The van der Waals surface area contributed by atoms with Gasteiger partial charge in [-0.25, -0.2) is 4.39 Å². The Kier molecular flexibility index (Phi) is 2.96. The molecule has 0 aliphatic carbocycles. The molecule has 1 atom stereocenters. The fourth-order valence-corrected chi connectivity index (χ4v) is 2.19. The van der Waals surface area contributed by atoms with Gasteiger partial charge in [-0.1, -0.05) is 26.0 Å². The summed E-state index contributed by atoms with van der Waals surface area (Å²) in [7, 11) is 0. The highest BCUT2D eigenvalue weighted by Crippen LogP contribution is 2.33. The van der Waals surface area contributed by atoms with Gasteiger partial charge in [0.2, 0.25) is 0 Å². The minimum absolute atomic E-state index is 0.214. The zero-order valence-corrected chi connectivity index (χ0v) is 10.3. The van der Waals surface area contributed by atoms with E-state index in [-0.39, 0.29) is 5.58 Å². The van der Waals surface area contributed by atoms with Gasteiger partial charge in [-0.05, 0) is 31.4 Å². The van der Waals surface area contributed by atoms with Gasteiger partial charge in [-0.15, -0.1) is 0 Å². The van der Waals surface area contributed by atoms with Crippen LogP contribution in [0, 0.1) is 11.7 Å². The van der Waals surface area contributed by atoms with Crippen LogP contribution in [-0.4, -0.2) is 5.11 Å². The van der Waals surface area contributed by atoms with Crippen molar-refractivity contribution in [2.24, 2.45) is 5.92 Å². The minimum Gasteiger partial charge on any atom is -0.455 e. The molecule has 2 rings (SSSR count). The van der Waals surface area contributed by atoms with E-state index in [0.717, 1.165) is 0 Å². The van der Waals surface area contributed by atoms with Gasteiger partial charge in [-0.2, -0.15) is 0 Å². The third-order valence-electron chi connectivity index (χ3n) is 2.83. The lowest BCUT2D eigenvalue weighted by atomic mass is 9.92. The summed E-state index contributed by atoms with van der Waals surface area (Å²) in [6.45, 7) is 5.75. The maximum atomic E-state index is 13.5. The Morgan fingerprint density at radius 3 is 2.71 bits per heavy atom. The average molecular weight is 236 g/mol. The van der Waals surface area contributed by atoms with E-state index in [1.165, 1.54) is 6.07 Å². The van der Waals surface area contributed by atoms with Crippen molar-refractivity contribution >= 4 is 11.0 Å². The van der Waals surface area contributed by atoms with E-state index in [9.17, 15) is 9.50 Å². The molecule has 0 spiro atoms. The molecule has 0 aliphatic rings. The summed E-state index contributed by atoms with van der Waals surface area (Å²) < 4.78 is 18.9. The van der Waals surface area contributed by atoms with Crippen LogP contribution >= 0.6 is 0 Å². The molecule has 3 heteroatoms. The van der Waals surface area contributed by atoms with Crippen LogP contribution in [0.15, 0.2) is 28.7 Å². The Morgan fingerprint density at radius 1 is 1.41 bits per heavy atom. The SMILES string of the molecule is CC(C)CC(C)(O)c1cc2cccc(F)c2o1. The van der Waals surface area contributed by atoms with Gasteiger partial charge >= 0.3 is 0 Å². The van der Waals surface area contributed by atoms with Crippen LogP contribution in [0.4, 0.5) is 4.39 Å². The van der Waals surface area contributed by atoms with Gasteiger partial charge in [-0.3, -0.25) is 0 Å². The number of benzene rings is 1. The second-order valence-corrected chi connectivity index (χ2v) is 5.14. The highest BCUT2D eigenvalue weighted by Gasteiger charge is 2.28. The van der Waals surface area contributed by atoms with Crippen LogP contribution in [-0.2, 0) is 5.60 Å². The molecule has 1 heterocycles. The average Bonchev–Trinajstić information content (AvgIpc) is 2.61. The fraction of sp³-hybridized carbons (Fsp3) is 0.429. The molecule has 0 aliphatic heterocycles. The summed E-state index contributed by atoms with van der Waals surface area (Å²) in [5.74, 6) is 0.364. The topological polar surface area (TPSA) is 33.4 Å². The van der Waals surface area contributed by atoms with Crippen LogP contribution < -0.4 is 0 Å². The summed E-state index contributed by atoms with van der Waals surface area (Å²) in [4.78, 5) is 0. The molecule has 0 fully saturated rings. The third kappa shape index (κ3) is 2.34. The van der Waals surface area contributed by atoms with Gasteiger partial charge in [0.05, 0.1) is 0 Å². The Balaban J connectivity index is 2.46. The molecule has 1 N–H and O–H groups in total. The highest BCUT2D eigenvalue weighted by atomic mass is 19.1. The van der Waals surface area contributed by atoms with Gasteiger partial charge in [0, 0.05) is 5.39 Å². The maximum Gasteiger partial charge on any atom is 0.170 e. The number of para-hydroxylation sites is 1. The van der Waals surface area contributed by atoms with E-state index in [4.69, 9.17) is 4.42 Å². The Bertz CT molecular complexity index is 526. The second kappa shape index (κ2) is 4.15. The first-order chi connectivity index (χ1) is 7.90. The van der Waals surface area contributed by atoms with E-state index >= 15 is 0 Å². The van der Waals surface area contributed by atoms with Crippen LogP contribution in [0.25, 0.3) is 11.0 Å². The molecule has 1 aromatic carbocycles. The number of hydrogen-bond donors (Lipinski definition) is 1. The zero-order valence-electron chi connectivity index (χ0n) is 10.3. The lowest BCUT2D eigenvalue weighted by Crippen LogP contribution is -2.22. The lowest BCUT2D eigenvalue weighted by molar-refractivity contribution is 0.0149. The maximum absolute atomic E-state index is 13.5. The van der Waals surface area contributed by atoms with Crippen molar-refractivity contribution in [1.29, 1.82) is 0 Å². The van der Waals surface area contributed by atoms with E-state index < -0.39 is 11.4 Å². The van der Waals surface area contributed by atoms with Crippen molar-refractivity contribution in [2.45, 2.75) is 32.8 Å². The Hall–Kier alpha value is -1.35. The molecule has 1 unspecified atom stereocenters. The standard InChI is InChI=1S/C14H17FO2/c1-9(2)8-14(3,16)12-7-10-5-4-6-11(15)13(10)17-12/h4-7,9,16H,8H2,1-3H3. The molecule has 2 aromatic rings. The largest absolute Gasteiger partial charge is 0.455 e. The number of fused-ring (bicyclic) bond motifs is 1. The molecular formula is C14H17FO2. The molecule has 92 valence electrons. The molecule has 0 amide bonds. The highest BCUT2D eigenvalue weighted by molar-refractivity contribution is 5.78. The molecule has 2 nitrogen and oxygen atoms in total. The van der Waals surface area contributed by atoms with Crippen LogP contribution in [0.3, 0.4) is 0 Å². The predicted molar refractivity (Wildman–Crippen MR) is 65.2 cm³/mol. The van der Waals surface area contributed by atoms with Crippen molar-refractivity contribution in [1.82, 2.24) is 0 Å². The second-order valence-electron chi connectivity index (χ2n) is 5.14. The van der Waals surface area contributed by atoms with Crippen LogP contribution in [0.2, 0.25) is 0 Å². The molecule has 1 aromatic heterocycles. The Morgan fingerprint density at radius 2 is 2.12 bits per heavy atom. The van der Waals surface area contributed by atoms with Crippen LogP contribution in [0.1, 0.15) is 33.0 Å². The van der Waals surface area contributed by atoms with E-state index in [2.05, 4.69) is 0 Å². The van der Waals surface area contributed by atoms with Crippen molar-refractivity contribution in [2.75, 3.05) is 0 Å². The van der Waals surface area contributed by atoms with Gasteiger partial charge in [0.1, 0.15) is 11.4 Å². The molecule has 0 radical (unpaired) electrons. The van der Waals surface area contributed by atoms with Crippen molar-refractivity contribution in [3.05, 3.63) is 35.8 Å². The first-order valence-corrected chi connectivity index (χ1v) is 5.81. The smallest absolute Gasteiger partial charge is 0.170 e. The molecule has 17 heavy (non-hydrogen) atoms. The van der Waals surface area contributed by atoms with Gasteiger partial charge in [0.25, 0.3) is 0 Å². The fourth-order valence-electron chi connectivity index (χ4n) is 2.19. The van der Waals surface area contributed by atoms with E-state index in [1.54, 1.807) is 25.1 Å².